The largest absolute Gasteiger partial charge is 0.468 e. The molecule has 0 aliphatic carbocycles. The number of carbonyl (C=O) groups excluding carboxylic acids is 1. The Morgan fingerprint density at radius 1 is 1.28 bits per heavy atom. The van der Waals surface area contributed by atoms with E-state index in [0.29, 0.717) is 6.54 Å². The highest BCUT2D eigenvalue weighted by molar-refractivity contribution is 5.75. The molecule has 1 saturated heterocycles. The minimum Gasteiger partial charge on any atom is -0.468 e. The lowest BCUT2D eigenvalue weighted by Gasteiger charge is -2.26. The van der Waals surface area contributed by atoms with Gasteiger partial charge in [0.05, 0.1) is 12.3 Å². The van der Waals surface area contributed by atoms with Crippen LogP contribution in [-0.2, 0) is 18.4 Å². The number of hydrogen-bond acceptors (Lipinski definition) is 5. The minimum absolute atomic E-state index is 0.0155. The summed E-state index contributed by atoms with van der Waals surface area (Å²) in [4.78, 5) is 37.9. The molecule has 25 heavy (non-hydrogen) atoms. The van der Waals surface area contributed by atoms with Crippen molar-refractivity contribution < 1.29 is 9.21 Å². The number of nitrogens with one attached hydrogen (secondary N) is 1. The van der Waals surface area contributed by atoms with Crippen molar-refractivity contribution in [2.75, 3.05) is 19.6 Å². The molecule has 3 rings (SSSR count). The molecular formula is C17H22N4O4. The number of carbonyl (C=O) groups is 1. The Kier molecular flexibility index (Phi) is 5.18. The molecule has 1 amide bonds. The van der Waals surface area contributed by atoms with Gasteiger partial charge in [-0.25, -0.2) is 4.79 Å². The van der Waals surface area contributed by atoms with Gasteiger partial charge in [0, 0.05) is 25.9 Å². The van der Waals surface area contributed by atoms with E-state index in [1.54, 1.807) is 6.26 Å². The lowest BCUT2D eigenvalue weighted by molar-refractivity contribution is -0.122. The van der Waals surface area contributed by atoms with Crippen molar-refractivity contribution in [1.82, 2.24) is 19.4 Å². The van der Waals surface area contributed by atoms with Crippen molar-refractivity contribution in [3.63, 3.8) is 0 Å². The van der Waals surface area contributed by atoms with Gasteiger partial charge in [0.15, 0.2) is 0 Å². The van der Waals surface area contributed by atoms with Gasteiger partial charge in [-0.1, -0.05) is 0 Å². The Bertz CT molecular complexity index is 831. The molecule has 8 heteroatoms. The van der Waals surface area contributed by atoms with Gasteiger partial charge in [-0.2, -0.15) is 0 Å². The van der Waals surface area contributed by atoms with Crippen LogP contribution in [0.15, 0.2) is 44.7 Å². The third kappa shape index (κ3) is 3.90. The number of nitrogens with zero attached hydrogens (tertiary/aromatic N) is 3. The van der Waals surface area contributed by atoms with Gasteiger partial charge in [-0.05, 0) is 38.1 Å². The van der Waals surface area contributed by atoms with Gasteiger partial charge in [0.1, 0.15) is 12.3 Å². The van der Waals surface area contributed by atoms with Gasteiger partial charge < -0.3 is 9.73 Å². The van der Waals surface area contributed by atoms with E-state index >= 15 is 0 Å². The number of furan rings is 1. The third-order valence-corrected chi connectivity index (χ3v) is 4.52. The Morgan fingerprint density at radius 2 is 2.04 bits per heavy atom. The first-order valence-corrected chi connectivity index (χ1v) is 8.37. The highest BCUT2D eigenvalue weighted by Crippen LogP contribution is 2.24. The van der Waals surface area contributed by atoms with Gasteiger partial charge in [0.2, 0.25) is 5.91 Å². The zero-order chi connectivity index (χ0) is 17.8. The van der Waals surface area contributed by atoms with E-state index in [1.807, 2.05) is 12.1 Å². The molecule has 0 spiro atoms. The highest BCUT2D eigenvalue weighted by Gasteiger charge is 2.25. The summed E-state index contributed by atoms with van der Waals surface area (Å²) < 4.78 is 7.71. The standard InChI is InChI=1S/C17H22N4O4/c1-19-16(23)6-9-21(17(19)24)12-15(22)18-11-13(14-5-4-10-25-14)20-7-2-3-8-20/h4-6,9-10,13H,2-3,7-8,11-12H2,1H3,(H,18,22). The maximum absolute atomic E-state index is 12.2. The molecule has 1 aliphatic heterocycles. The molecule has 1 aliphatic rings. The average Bonchev–Trinajstić information content (AvgIpc) is 3.30. The average molecular weight is 346 g/mol. The number of rotatable bonds is 6. The summed E-state index contributed by atoms with van der Waals surface area (Å²) >= 11 is 0. The molecule has 0 aromatic carbocycles. The zero-order valence-corrected chi connectivity index (χ0v) is 14.2. The lowest BCUT2D eigenvalue weighted by Crippen LogP contribution is -2.42. The van der Waals surface area contributed by atoms with E-state index in [-0.39, 0.29) is 18.5 Å². The molecule has 1 N–H and O–H groups in total. The van der Waals surface area contributed by atoms with Gasteiger partial charge in [-0.3, -0.25) is 23.6 Å². The van der Waals surface area contributed by atoms with Crippen molar-refractivity contribution >= 4 is 5.91 Å². The van der Waals surface area contributed by atoms with Crippen LogP contribution >= 0.6 is 0 Å². The molecule has 8 nitrogen and oxygen atoms in total. The van der Waals surface area contributed by atoms with Crippen LogP contribution in [0.4, 0.5) is 0 Å². The van der Waals surface area contributed by atoms with Crippen LogP contribution < -0.4 is 16.6 Å². The summed E-state index contributed by atoms with van der Waals surface area (Å²) in [6, 6.07) is 5.00. The molecule has 0 saturated carbocycles. The van der Waals surface area contributed by atoms with Crippen LogP contribution in [0.25, 0.3) is 0 Å². The fourth-order valence-electron chi connectivity index (χ4n) is 3.10. The smallest absolute Gasteiger partial charge is 0.331 e. The number of amides is 1. The van der Waals surface area contributed by atoms with Crippen LogP contribution in [0, 0.1) is 0 Å². The molecular weight excluding hydrogens is 324 g/mol. The van der Waals surface area contributed by atoms with Gasteiger partial charge in [-0.15, -0.1) is 0 Å². The van der Waals surface area contributed by atoms with Gasteiger partial charge >= 0.3 is 5.69 Å². The third-order valence-electron chi connectivity index (χ3n) is 4.52. The van der Waals surface area contributed by atoms with E-state index in [2.05, 4.69) is 10.2 Å². The Labute approximate surface area is 144 Å². The van der Waals surface area contributed by atoms with E-state index in [0.717, 1.165) is 36.3 Å². The van der Waals surface area contributed by atoms with Crippen molar-refractivity contribution in [3.05, 3.63) is 57.3 Å². The SMILES string of the molecule is Cn1c(=O)ccn(CC(=O)NCC(c2ccco2)N2CCCC2)c1=O. The van der Waals surface area contributed by atoms with Gasteiger partial charge in [0.25, 0.3) is 5.56 Å². The fraction of sp³-hybridized carbons (Fsp3) is 0.471. The van der Waals surface area contributed by atoms with Crippen LogP contribution in [-0.4, -0.2) is 39.6 Å². The summed E-state index contributed by atoms with van der Waals surface area (Å²) in [6.07, 6.45) is 5.25. The monoisotopic (exact) mass is 346 g/mol. The quantitative estimate of drug-likeness (QED) is 0.801. The number of likely N-dealkylation sites (tertiary alicyclic amines) is 1. The second-order valence-corrected chi connectivity index (χ2v) is 6.20. The predicted molar refractivity (Wildman–Crippen MR) is 91.2 cm³/mol. The molecule has 0 bridgehead atoms. The van der Waals surface area contributed by atoms with Crippen LogP contribution in [0.1, 0.15) is 24.6 Å². The second-order valence-electron chi connectivity index (χ2n) is 6.20. The summed E-state index contributed by atoms with van der Waals surface area (Å²) in [5, 5.41) is 2.87. The molecule has 3 heterocycles. The molecule has 1 fully saturated rings. The molecule has 1 atom stereocenters. The fourth-order valence-corrected chi connectivity index (χ4v) is 3.10. The van der Waals surface area contributed by atoms with E-state index < -0.39 is 11.2 Å². The van der Waals surface area contributed by atoms with E-state index in [9.17, 15) is 14.4 Å². The summed E-state index contributed by atoms with van der Waals surface area (Å²) in [6.45, 7) is 2.23. The molecule has 2 aromatic heterocycles. The highest BCUT2D eigenvalue weighted by atomic mass is 16.3. The summed E-state index contributed by atoms with van der Waals surface area (Å²) in [5.41, 5.74) is -0.904. The maximum atomic E-state index is 12.2. The van der Waals surface area contributed by atoms with E-state index in [4.69, 9.17) is 4.42 Å². The topological polar surface area (TPSA) is 89.5 Å². The first-order chi connectivity index (χ1) is 12.1. The van der Waals surface area contributed by atoms with Crippen LogP contribution in [0.3, 0.4) is 0 Å². The molecule has 2 aromatic rings. The Balaban J connectivity index is 1.65. The van der Waals surface area contributed by atoms with Crippen molar-refractivity contribution in [2.24, 2.45) is 7.05 Å². The lowest BCUT2D eigenvalue weighted by atomic mass is 10.2. The first kappa shape index (κ1) is 17.2. The Morgan fingerprint density at radius 3 is 2.72 bits per heavy atom. The van der Waals surface area contributed by atoms with Crippen molar-refractivity contribution in [3.8, 4) is 0 Å². The number of hydrogen-bond donors (Lipinski definition) is 1. The maximum Gasteiger partial charge on any atom is 0.331 e. The molecule has 134 valence electrons. The molecule has 1 unspecified atom stereocenters. The Hall–Kier alpha value is -2.61. The minimum atomic E-state index is -0.509. The summed E-state index contributed by atoms with van der Waals surface area (Å²) in [5.74, 6) is 0.540. The van der Waals surface area contributed by atoms with Crippen molar-refractivity contribution in [1.29, 1.82) is 0 Å². The number of aromatic nitrogens is 2. The summed E-state index contributed by atoms with van der Waals surface area (Å²) in [7, 11) is 1.39. The van der Waals surface area contributed by atoms with Crippen LogP contribution in [0.2, 0.25) is 0 Å². The normalized spacial score (nSPS) is 16.0. The second kappa shape index (κ2) is 7.52. The zero-order valence-electron chi connectivity index (χ0n) is 14.2. The van der Waals surface area contributed by atoms with E-state index in [1.165, 1.54) is 23.9 Å². The first-order valence-electron chi connectivity index (χ1n) is 8.37. The van der Waals surface area contributed by atoms with Crippen LogP contribution in [0.5, 0.6) is 0 Å². The predicted octanol–water partition coefficient (Wildman–Crippen LogP) is 0.0933. The van der Waals surface area contributed by atoms with Crippen molar-refractivity contribution in [2.45, 2.75) is 25.4 Å². The molecule has 0 radical (unpaired) electrons.